The van der Waals surface area contributed by atoms with Gasteiger partial charge in [0.15, 0.2) is 0 Å². The molecule has 3 N–H and O–H groups in total. The number of aliphatic carboxylic acids is 1. The fourth-order valence-corrected chi connectivity index (χ4v) is 4.38. The van der Waals surface area contributed by atoms with Crippen molar-refractivity contribution in [1.29, 1.82) is 0 Å². The minimum absolute atomic E-state index is 0.0670. The second-order valence-corrected chi connectivity index (χ2v) is 10.2. The predicted octanol–water partition coefficient (Wildman–Crippen LogP) is 7.68. The summed E-state index contributed by atoms with van der Waals surface area (Å²) in [5.74, 6) is 0.0184. The molecule has 0 heterocycles. The zero-order chi connectivity index (χ0) is 28.5. The van der Waals surface area contributed by atoms with Crippen molar-refractivity contribution in [2.75, 3.05) is 11.9 Å². The van der Waals surface area contributed by atoms with Crippen LogP contribution in [0.5, 0.6) is 11.5 Å². The lowest BCUT2D eigenvalue weighted by molar-refractivity contribution is -0.139. The van der Waals surface area contributed by atoms with Gasteiger partial charge in [-0.15, -0.1) is 0 Å². The Morgan fingerprint density at radius 2 is 1.62 bits per heavy atom. The number of rotatable bonds is 12. The SMILES string of the molecule is CCC(C)CNc1ccc(Cl)cc1C(=O)N[C@@H](Cc1ccc(-c2ccccc2)c(Oc2ccccc2)c1)C(=O)O. The van der Waals surface area contributed by atoms with Crippen LogP contribution in [0.25, 0.3) is 11.1 Å². The van der Waals surface area contributed by atoms with E-state index in [-0.39, 0.29) is 6.42 Å². The maximum atomic E-state index is 13.3. The Kier molecular flexibility index (Phi) is 9.81. The van der Waals surface area contributed by atoms with Gasteiger partial charge in [0.2, 0.25) is 0 Å². The maximum Gasteiger partial charge on any atom is 0.326 e. The molecule has 2 atom stereocenters. The lowest BCUT2D eigenvalue weighted by Gasteiger charge is -2.19. The second-order valence-electron chi connectivity index (χ2n) is 9.76. The van der Waals surface area contributed by atoms with Gasteiger partial charge in [-0.05, 0) is 53.4 Å². The molecule has 0 saturated heterocycles. The van der Waals surface area contributed by atoms with Crippen molar-refractivity contribution in [3.63, 3.8) is 0 Å². The van der Waals surface area contributed by atoms with E-state index in [1.165, 1.54) is 0 Å². The Balaban J connectivity index is 1.58. The second kappa shape index (κ2) is 13.7. The van der Waals surface area contributed by atoms with Gasteiger partial charge in [0.1, 0.15) is 17.5 Å². The molecule has 6 nitrogen and oxygen atoms in total. The van der Waals surface area contributed by atoms with E-state index in [0.717, 1.165) is 17.5 Å². The molecular weight excluding hydrogens is 524 g/mol. The van der Waals surface area contributed by atoms with Crippen molar-refractivity contribution in [3.8, 4) is 22.6 Å². The smallest absolute Gasteiger partial charge is 0.326 e. The third-order valence-corrected chi connectivity index (χ3v) is 6.94. The van der Waals surface area contributed by atoms with Crippen LogP contribution >= 0.6 is 11.6 Å². The molecule has 4 aromatic rings. The molecule has 1 unspecified atom stereocenters. The Bertz CT molecular complexity index is 1440. The van der Waals surface area contributed by atoms with Gasteiger partial charge in [0, 0.05) is 29.2 Å². The molecule has 0 aliphatic carbocycles. The highest BCUT2D eigenvalue weighted by atomic mass is 35.5. The fraction of sp³-hybridized carbons (Fsp3) is 0.212. The molecular formula is C33H33ClN2O4. The van der Waals surface area contributed by atoms with E-state index in [0.29, 0.717) is 45.8 Å². The van der Waals surface area contributed by atoms with E-state index in [4.69, 9.17) is 16.3 Å². The van der Waals surface area contributed by atoms with E-state index >= 15 is 0 Å². The van der Waals surface area contributed by atoms with E-state index in [2.05, 4.69) is 24.5 Å². The first-order chi connectivity index (χ1) is 19.3. The molecule has 0 bridgehead atoms. The monoisotopic (exact) mass is 556 g/mol. The van der Waals surface area contributed by atoms with Crippen molar-refractivity contribution in [2.45, 2.75) is 32.7 Å². The average molecular weight is 557 g/mol. The van der Waals surface area contributed by atoms with Gasteiger partial charge < -0.3 is 20.5 Å². The molecule has 1 amide bonds. The summed E-state index contributed by atoms with van der Waals surface area (Å²) in [7, 11) is 0. The lowest BCUT2D eigenvalue weighted by atomic mass is 9.99. The Labute approximate surface area is 240 Å². The number of nitrogens with one attached hydrogen (secondary N) is 2. The molecule has 4 rings (SSSR count). The van der Waals surface area contributed by atoms with Crippen molar-refractivity contribution in [3.05, 3.63) is 113 Å². The highest BCUT2D eigenvalue weighted by Crippen LogP contribution is 2.34. The zero-order valence-corrected chi connectivity index (χ0v) is 23.3. The number of anilines is 1. The maximum absolute atomic E-state index is 13.3. The highest BCUT2D eigenvalue weighted by Gasteiger charge is 2.24. The molecule has 40 heavy (non-hydrogen) atoms. The van der Waals surface area contributed by atoms with E-state index < -0.39 is 17.9 Å². The number of carboxylic acid groups (broad SMARTS) is 1. The van der Waals surface area contributed by atoms with Gasteiger partial charge in [-0.25, -0.2) is 4.79 Å². The molecule has 0 spiro atoms. The standard InChI is InChI=1S/C33H33ClN2O4/c1-3-22(2)21-35-29-17-15-25(34)20-28(29)32(37)36-30(33(38)39)18-23-14-16-27(24-10-6-4-7-11-24)31(19-23)40-26-12-8-5-9-13-26/h4-17,19-20,22,30,35H,3,18,21H2,1-2H3,(H,36,37)(H,38,39)/t22?,30-/m0/s1. The third kappa shape index (κ3) is 7.64. The molecule has 0 fully saturated rings. The van der Waals surface area contributed by atoms with Gasteiger partial charge in [0.05, 0.1) is 5.56 Å². The summed E-state index contributed by atoms with van der Waals surface area (Å²) in [5, 5.41) is 16.4. The number of para-hydroxylation sites is 1. The predicted molar refractivity (Wildman–Crippen MR) is 160 cm³/mol. The van der Waals surface area contributed by atoms with Crippen molar-refractivity contribution in [2.24, 2.45) is 5.92 Å². The molecule has 0 aromatic heterocycles. The Morgan fingerprint density at radius 1 is 0.925 bits per heavy atom. The van der Waals surface area contributed by atoms with Gasteiger partial charge in [-0.1, -0.05) is 92.5 Å². The van der Waals surface area contributed by atoms with Crippen LogP contribution in [-0.4, -0.2) is 29.6 Å². The number of ether oxygens (including phenoxy) is 1. The third-order valence-electron chi connectivity index (χ3n) is 6.71. The topological polar surface area (TPSA) is 87.7 Å². The Morgan fingerprint density at radius 3 is 2.30 bits per heavy atom. The van der Waals surface area contributed by atoms with Crippen LogP contribution < -0.4 is 15.4 Å². The quantitative estimate of drug-likeness (QED) is 0.166. The largest absolute Gasteiger partial charge is 0.480 e. The molecule has 0 aliphatic heterocycles. The summed E-state index contributed by atoms with van der Waals surface area (Å²) in [6.45, 7) is 4.89. The number of carboxylic acids is 1. The lowest BCUT2D eigenvalue weighted by Crippen LogP contribution is -2.42. The van der Waals surface area contributed by atoms with E-state index in [9.17, 15) is 14.7 Å². The molecule has 7 heteroatoms. The number of hydrogen-bond acceptors (Lipinski definition) is 4. The van der Waals surface area contributed by atoms with Crippen LogP contribution in [-0.2, 0) is 11.2 Å². The molecule has 4 aromatic carbocycles. The number of halogens is 1. The van der Waals surface area contributed by atoms with E-state index in [1.54, 1.807) is 18.2 Å². The summed E-state index contributed by atoms with van der Waals surface area (Å²) in [6.07, 6.45) is 1.06. The minimum Gasteiger partial charge on any atom is -0.480 e. The molecule has 206 valence electrons. The van der Waals surface area contributed by atoms with Gasteiger partial charge >= 0.3 is 5.97 Å². The first-order valence-corrected chi connectivity index (χ1v) is 13.7. The van der Waals surface area contributed by atoms with Crippen LogP contribution in [0.4, 0.5) is 5.69 Å². The number of benzene rings is 4. The van der Waals surface area contributed by atoms with Gasteiger partial charge in [-0.2, -0.15) is 0 Å². The fourth-order valence-electron chi connectivity index (χ4n) is 4.21. The minimum atomic E-state index is -1.17. The van der Waals surface area contributed by atoms with Crippen LogP contribution in [0.15, 0.2) is 97.1 Å². The molecule has 0 radical (unpaired) electrons. The number of hydrogen-bond donors (Lipinski definition) is 3. The summed E-state index contributed by atoms with van der Waals surface area (Å²) in [6, 6.07) is 28.7. The summed E-state index contributed by atoms with van der Waals surface area (Å²) >= 11 is 6.19. The van der Waals surface area contributed by atoms with Crippen molar-refractivity contribution >= 4 is 29.2 Å². The highest BCUT2D eigenvalue weighted by molar-refractivity contribution is 6.31. The zero-order valence-electron chi connectivity index (χ0n) is 22.6. The Hall–Kier alpha value is -4.29. The van der Waals surface area contributed by atoms with E-state index in [1.807, 2.05) is 78.9 Å². The summed E-state index contributed by atoms with van der Waals surface area (Å²) < 4.78 is 6.22. The number of carbonyl (C=O) groups excluding carboxylic acids is 1. The first-order valence-electron chi connectivity index (χ1n) is 13.3. The van der Waals surface area contributed by atoms with Crippen LogP contribution in [0.3, 0.4) is 0 Å². The summed E-state index contributed by atoms with van der Waals surface area (Å²) in [5.41, 5.74) is 3.47. The van der Waals surface area contributed by atoms with Crippen molar-refractivity contribution < 1.29 is 19.4 Å². The van der Waals surface area contributed by atoms with Crippen molar-refractivity contribution in [1.82, 2.24) is 5.32 Å². The molecule has 0 aliphatic rings. The van der Waals surface area contributed by atoms with Crippen LogP contribution in [0.1, 0.15) is 36.2 Å². The van der Waals surface area contributed by atoms with Crippen LogP contribution in [0.2, 0.25) is 5.02 Å². The van der Waals surface area contributed by atoms with Gasteiger partial charge in [0.25, 0.3) is 5.91 Å². The number of amides is 1. The summed E-state index contributed by atoms with van der Waals surface area (Å²) in [4.78, 5) is 25.5. The molecule has 0 saturated carbocycles. The normalized spacial score (nSPS) is 12.3. The number of carbonyl (C=O) groups is 2. The first kappa shape index (κ1) is 28.7. The van der Waals surface area contributed by atoms with Gasteiger partial charge in [-0.3, -0.25) is 4.79 Å². The average Bonchev–Trinajstić information content (AvgIpc) is 2.97. The van der Waals surface area contributed by atoms with Crippen LogP contribution in [0, 0.1) is 5.92 Å².